The molecule has 0 aromatic carbocycles. The molecule has 90 valence electrons. The Morgan fingerprint density at radius 1 is 1.50 bits per heavy atom. The van der Waals surface area contributed by atoms with Crippen LogP contribution in [0.1, 0.15) is 0 Å². The van der Waals surface area contributed by atoms with Gasteiger partial charge in [0.25, 0.3) is 0 Å². The summed E-state index contributed by atoms with van der Waals surface area (Å²) >= 11 is 6.18. The third-order valence-corrected chi connectivity index (χ3v) is 3.09. The Balaban J connectivity index is 3.78. The van der Waals surface area contributed by atoms with Crippen molar-refractivity contribution in [2.75, 3.05) is 26.4 Å². The maximum Gasteiger partial charge on any atom is 0.321 e. The van der Waals surface area contributed by atoms with Crippen molar-refractivity contribution in [2.45, 2.75) is 0 Å². The highest BCUT2D eigenvalue weighted by Crippen LogP contribution is 2.05. The molecule has 0 atom stereocenters. The Labute approximate surface area is 105 Å². The van der Waals surface area contributed by atoms with Gasteiger partial charge < -0.3 is 10.2 Å². The number of hydrogen-bond acceptors (Lipinski definition) is 4. The number of amides is 3. The van der Waals surface area contributed by atoms with Gasteiger partial charge in [0.15, 0.2) is 0 Å². The Morgan fingerprint density at radius 2 is 2.12 bits per heavy atom. The molecule has 2 N–H and O–H groups in total. The molecule has 0 aromatic heterocycles. The van der Waals surface area contributed by atoms with Crippen LogP contribution in [0, 0.1) is 0 Å². The number of carbonyl (C=O) groups excluding carboxylic acids is 2. The first-order valence-electron chi connectivity index (χ1n) is 4.50. The monoisotopic (exact) mass is 261 g/mol. The number of hydrogen-bond donors (Lipinski definition) is 2. The van der Waals surface area contributed by atoms with Gasteiger partial charge >= 0.3 is 6.03 Å². The van der Waals surface area contributed by atoms with E-state index in [0.717, 1.165) is 0 Å². The molecule has 0 aliphatic rings. The van der Waals surface area contributed by atoms with Gasteiger partial charge in [0.2, 0.25) is 5.91 Å². The molecule has 5 nitrogen and oxygen atoms in total. The van der Waals surface area contributed by atoms with E-state index in [1.165, 1.54) is 17.8 Å². The number of thiocarbonyl (C=S) groups is 1. The average Bonchev–Trinajstić information content (AvgIpc) is 2.22. The molecule has 16 heavy (non-hydrogen) atoms. The van der Waals surface area contributed by atoms with E-state index in [9.17, 15) is 9.59 Å². The van der Waals surface area contributed by atoms with Crippen LogP contribution in [0.5, 0.6) is 0 Å². The lowest BCUT2D eigenvalue weighted by Crippen LogP contribution is -2.40. The zero-order valence-corrected chi connectivity index (χ0v) is 10.9. The van der Waals surface area contributed by atoms with Crippen molar-refractivity contribution in [1.29, 1.82) is 0 Å². The fourth-order valence-electron chi connectivity index (χ4n) is 0.628. The number of nitrogens with one attached hydrogen (secondary N) is 2. The Morgan fingerprint density at radius 3 is 2.62 bits per heavy atom. The third-order valence-electron chi connectivity index (χ3n) is 1.35. The highest BCUT2D eigenvalue weighted by atomic mass is 32.2. The van der Waals surface area contributed by atoms with Crippen molar-refractivity contribution in [1.82, 2.24) is 15.5 Å². The second-order valence-corrected chi connectivity index (χ2v) is 4.61. The topological polar surface area (TPSA) is 61.4 Å². The second kappa shape index (κ2) is 8.12. The van der Waals surface area contributed by atoms with E-state index >= 15 is 0 Å². The Bertz CT molecular complexity index is 292. The highest BCUT2D eigenvalue weighted by Gasteiger charge is 2.08. The van der Waals surface area contributed by atoms with Crippen molar-refractivity contribution in [2.24, 2.45) is 0 Å². The normalized spacial score (nSPS) is 9.12. The summed E-state index contributed by atoms with van der Waals surface area (Å²) in [6.07, 6.45) is 1.53. The predicted octanol–water partition coefficient (Wildman–Crippen LogP) is 0.578. The van der Waals surface area contributed by atoms with Crippen LogP contribution in [0.3, 0.4) is 0 Å². The third kappa shape index (κ3) is 7.24. The molecule has 0 aliphatic carbocycles. The van der Waals surface area contributed by atoms with Crippen LogP contribution in [0.4, 0.5) is 4.79 Å². The molecule has 0 radical (unpaired) electrons. The minimum atomic E-state index is -0.527. The first-order chi connectivity index (χ1) is 7.47. The molecule has 7 heteroatoms. The predicted molar refractivity (Wildman–Crippen MR) is 70.5 cm³/mol. The number of thioether (sulfide) groups is 1. The molecule has 0 saturated heterocycles. The fourth-order valence-corrected chi connectivity index (χ4v) is 1.39. The number of urea groups is 1. The zero-order chi connectivity index (χ0) is 12.6. The molecular weight excluding hydrogens is 246 g/mol. The molecule has 0 rings (SSSR count). The summed E-state index contributed by atoms with van der Waals surface area (Å²) in [6.45, 7) is 3.76. The first kappa shape index (κ1) is 14.9. The molecule has 0 aliphatic heterocycles. The van der Waals surface area contributed by atoms with Gasteiger partial charge in [-0.3, -0.25) is 10.1 Å². The maximum atomic E-state index is 11.2. The number of nitrogens with zero attached hydrogens (tertiary/aromatic N) is 1. The van der Waals surface area contributed by atoms with Gasteiger partial charge in [-0.15, -0.1) is 6.58 Å². The van der Waals surface area contributed by atoms with Crippen LogP contribution < -0.4 is 10.6 Å². The van der Waals surface area contributed by atoms with Crippen molar-refractivity contribution in [3.63, 3.8) is 0 Å². The van der Waals surface area contributed by atoms with Crippen LogP contribution in [0.15, 0.2) is 12.7 Å². The van der Waals surface area contributed by atoms with E-state index in [1.807, 2.05) is 0 Å². The van der Waals surface area contributed by atoms with Crippen LogP contribution in [-0.4, -0.2) is 47.6 Å². The smallest absolute Gasteiger partial charge is 0.321 e. The van der Waals surface area contributed by atoms with Crippen molar-refractivity contribution < 1.29 is 9.59 Å². The molecule has 0 aromatic rings. The van der Waals surface area contributed by atoms with E-state index < -0.39 is 6.03 Å². The van der Waals surface area contributed by atoms with E-state index in [4.69, 9.17) is 12.2 Å². The van der Waals surface area contributed by atoms with Gasteiger partial charge in [0.1, 0.15) is 4.32 Å². The van der Waals surface area contributed by atoms with Crippen LogP contribution in [0.25, 0.3) is 0 Å². The molecular formula is C9H15N3O2S2. The summed E-state index contributed by atoms with van der Waals surface area (Å²) in [5, 5.41) is 4.61. The summed E-state index contributed by atoms with van der Waals surface area (Å²) < 4.78 is 0.599. The van der Waals surface area contributed by atoms with Crippen molar-refractivity contribution >= 4 is 40.2 Å². The summed E-state index contributed by atoms with van der Waals surface area (Å²) in [7, 11) is 3.59. The fraction of sp³-hybridized carbons (Fsp3) is 0.444. The Kier molecular flexibility index (Phi) is 7.57. The molecule has 0 heterocycles. The van der Waals surface area contributed by atoms with E-state index in [2.05, 4.69) is 17.2 Å². The van der Waals surface area contributed by atoms with Crippen molar-refractivity contribution in [3.8, 4) is 0 Å². The minimum absolute atomic E-state index is 0.124. The van der Waals surface area contributed by atoms with Gasteiger partial charge in [-0.25, -0.2) is 4.79 Å². The van der Waals surface area contributed by atoms with Gasteiger partial charge in [-0.1, -0.05) is 30.1 Å². The average molecular weight is 261 g/mol. The van der Waals surface area contributed by atoms with Gasteiger partial charge in [-0.05, 0) is 0 Å². The lowest BCUT2D eigenvalue weighted by atomic mass is 10.6. The molecule has 0 bridgehead atoms. The molecule has 3 amide bonds. The SMILES string of the molecule is C=CCNC(=O)NC(=O)CSC(=S)N(C)C. The molecule has 0 saturated carbocycles. The lowest BCUT2D eigenvalue weighted by Gasteiger charge is -2.12. The van der Waals surface area contributed by atoms with Gasteiger partial charge in [0.05, 0.1) is 5.75 Å². The standard InChI is InChI=1S/C9H15N3O2S2/c1-4-5-10-8(14)11-7(13)6-16-9(15)12(2)3/h4H,1,5-6H2,2-3H3,(H2,10,11,13,14). The molecule has 0 fully saturated rings. The van der Waals surface area contributed by atoms with E-state index in [-0.39, 0.29) is 11.7 Å². The molecule has 0 unspecified atom stereocenters. The number of carbonyl (C=O) groups is 2. The van der Waals surface area contributed by atoms with Gasteiger partial charge in [-0.2, -0.15) is 0 Å². The first-order valence-corrected chi connectivity index (χ1v) is 5.89. The summed E-state index contributed by atoms with van der Waals surface area (Å²) in [5.41, 5.74) is 0. The summed E-state index contributed by atoms with van der Waals surface area (Å²) in [6, 6.07) is -0.527. The largest absolute Gasteiger partial charge is 0.364 e. The molecule has 0 spiro atoms. The van der Waals surface area contributed by atoms with E-state index in [1.54, 1.807) is 19.0 Å². The Hall–Kier alpha value is -1.08. The number of rotatable bonds is 4. The quantitative estimate of drug-likeness (QED) is 0.572. The van der Waals surface area contributed by atoms with Crippen LogP contribution >= 0.6 is 24.0 Å². The minimum Gasteiger partial charge on any atom is -0.364 e. The number of imide groups is 1. The zero-order valence-electron chi connectivity index (χ0n) is 9.28. The van der Waals surface area contributed by atoms with Crippen LogP contribution in [0.2, 0.25) is 0 Å². The van der Waals surface area contributed by atoms with Crippen LogP contribution in [-0.2, 0) is 4.79 Å². The lowest BCUT2D eigenvalue weighted by molar-refractivity contribution is -0.117. The van der Waals surface area contributed by atoms with Gasteiger partial charge in [0, 0.05) is 20.6 Å². The van der Waals surface area contributed by atoms with Crippen molar-refractivity contribution in [3.05, 3.63) is 12.7 Å². The van der Waals surface area contributed by atoms with E-state index in [0.29, 0.717) is 10.9 Å². The highest BCUT2D eigenvalue weighted by molar-refractivity contribution is 8.23. The summed E-state index contributed by atoms with van der Waals surface area (Å²) in [4.78, 5) is 24.0. The summed E-state index contributed by atoms with van der Waals surface area (Å²) in [5.74, 6) is -0.255. The second-order valence-electron chi connectivity index (χ2n) is 3.00. The maximum absolute atomic E-state index is 11.2.